The molecular formula is C31H28O8S. The van der Waals surface area contributed by atoms with Gasteiger partial charge in [0.25, 0.3) is 0 Å². The number of benzene rings is 3. The summed E-state index contributed by atoms with van der Waals surface area (Å²) >= 11 is 1.46. The third-order valence-electron chi connectivity index (χ3n) is 6.86. The largest absolute Gasteiger partial charge is 0.496 e. The third kappa shape index (κ3) is 5.08. The summed E-state index contributed by atoms with van der Waals surface area (Å²) in [5, 5.41) is 23.4. The second kappa shape index (κ2) is 11.3. The molecule has 3 aromatic carbocycles. The topological polar surface area (TPSA) is 112 Å². The van der Waals surface area contributed by atoms with Gasteiger partial charge in [-0.1, -0.05) is 13.3 Å². The molecular weight excluding hydrogens is 532 g/mol. The summed E-state index contributed by atoms with van der Waals surface area (Å²) in [4.78, 5) is 25.1. The van der Waals surface area contributed by atoms with E-state index in [1.54, 1.807) is 43.5 Å². The van der Waals surface area contributed by atoms with E-state index in [-0.39, 0.29) is 24.4 Å². The van der Waals surface area contributed by atoms with Gasteiger partial charge in [0.15, 0.2) is 11.5 Å². The lowest BCUT2D eigenvalue weighted by Gasteiger charge is -2.14. The molecule has 2 N–H and O–H groups in total. The van der Waals surface area contributed by atoms with E-state index in [1.807, 2.05) is 17.5 Å². The monoisotopic (exact) mass is 560 g/mol. The number of methoxy groups -OCH3 is 2. The fourth-order valence-corrected chi connectivity index (χ4v) is 6.04. The van der Waals surface area contributed by atoms with E-state index in [9.17, 15) is 19.8 Å². The number of ether oxygens (including phenoxy) is 4. The summed E-state index contributed by atoms with van der Waals surface area (Å²) in [5.74, 6) is 0.155. The lowest BCUT2D eigenvalue weighted by molar-refractivity contribution is -0.132. The maximum atomic E-state index is 12.5. The molecule has 40 heavy (non-hydrogen) atoms. The minimum Gasteiger partial charge on any atom is -0.496 e. The Hall–Kier alpha value is -4.50. The highest BCUT2D eigenvalue weighted by atomic mass is 32.1. The van der Waals surface area contributed by atoms with Gasteiger partial charge in [-0.05, 0) is 70.8 Å². The molecule has 8 nitrogen and oxygen atoms in total. The average Bonchev–Trinajstić information content (AvgIpc) is 3.57. The molecule has 0 saturated heterocycles. The highest BCUT2D eigenvalue weighted by Gasteiger charge is 2.22. The number of aromatic carboxylic acids is 1. The number of hydrogen-bond donors (Lipinski definition) is 2. The Balaban J connectivity index is 1.68. The zero-order valence-electron chi connectivity index (χ0n) is 22.3. The summed E-state index contributed by atoms with van der Waals surface area (Å²) in [6, 6.07) is 12.2. The standard InChI is InChI=1S/C31H28O8S/c1-4-5-18-15-40-28(13-20(31(34)35)10-19-12-26-27(39-16-38-26)14-25(19)37-3)29(18)22-8-9-24(36-2)21-7-6-17(30(32)33)11-23(21)22/h6-9,11-15H,4-5,10,16H2,1-3H3,(H,32,33)(H,34,35)/b20-13+. The van der Waals surface area contributed by atoms with Gasteiger partial charge in [0.1, 0.15) is 11.5 Å². The number of thiophene rings is 1. The van der Waals surface area contributed by atoms with Crippen molar-refractivity contribution in [3.8, 4) is 34.1 Å². The van der Waals surface area contributed by atoms with E-state index in [1.165, 1.54) is 18.4 Å². The zero-order valence-corrected chi connectivity index (χ0v) is 23.1. The Kier molecular flexibility index (Phi) is 7.66. The number of aliphatic carboxylic acids is 1. The fraction of sp³-hybridized carbons (Fsp3) is 0.226. The molecule has 0 unspecified atom stereocenters. The summed E-state index contributed by atoms with van der Waals surface area (Å²) in [7, 11) is 3.10. The van der Waals surface area contributed by atoms with Gasteiger partial charge in [0.05, 0.1) is 19.8 Å². The maximum absolute atomic E-state index is 12.5. The Morgan fingerprint density at radius 3 is 2.38 bits per heavy atom. The molecule has 5 rings (SSSR count). The molecule has 1 aliphatic rings. The minimum atomic E-state index is -1.05. The van der Waals surface area contributed by atoms with Crippen LogP contribution >= 0.6 is 11.3 Å². The van der Waals surface area contributed by atoms with Crippen LogP contribution in [-0.2, 0) is 17.6 Å². The van der Waals surface area contributed by atoms with Crippen LogP contribution in [0.5, 0.6) is 23.0 Å². The Morgan fingerprint density at radius 1 is 0.950 bits per heavy atom. The van der Waals surface area contributed by atoms with Gasteiger partial charge >= 0.3 is 11.9 Å². The van der Waals surface area contributed by atoms with Crippen LogP contribution < -0.4 is 18.9 Å². The number of fused-ring (bicyclic) bond motifs is 2. The van der Waals surface area contributed by atoms with E-state index < -0.39 is 11.9 Å². The van der Waals surface area contributed by atoms with Crippen LogP contribution in [0.1, 0.15) is 39.7 Å². The van der Waals surface area contributed by atoms with E-state index in [0.29, 0.717) is 28.6 Å². The molecule has 0 radical (unpaired) electrons. The first-order valence-corrected chi connectivity index (χ1v) is 13.6. The zero-order chi connectivity index (χ0) is 28.4. The van der Waals surface area contributed by atoms with Crippen molar-refractivity contribution in [3.05, 3.63) is 75.0 Å². The van der Waals surface area contributed by atoms with Crippen molar-refractivity contribution < 1.29 is 38.7 Å². The van der Waals surface area contributed by atoms with Crippen molar-refractivity contribution in [3.63, 3.8) is 0 Å². The van der Waals surface area contributed by atoms with Crippen LogP contribution in [0.25, 0.3) is 28.0 Å². The molecule has 0 spiro atoms. The minimum absolute atomic E-state index is 0.0989. The summed E-state index contributed by atoms with van der Waals surface area (Å²) < 4.78 is 22.0. The summed E-state index contributed by atoms with van der Waals surface area (Å²) in [6.45, 7) is 2.18. The smallest absolute Gasteiger partial charge is 0.335 e. The number of carbonyl (C=O) groups is 2. The van der Waals surface area contributed by atoms with Crippen LogP contribution in [0.15, 0.2) is 53.4 Å². The quantitative estimate of drug-likeness (QED) is 0.207. The van der Waals surface area contributed by atoms with Gasteiger partial charge in [0.2, 0.25) is 6.79 Å². The third-order valence-corrected chi connectivity index (χ3v) is 7.84. The van der Waals surface area contributed by atoms with Gasteiger partial charge in [-0.15, -0.1) is 11.3 Å². The molecule has 206 valence electrons. The van der Waals surface area contributed by atoms with Crippen LogP contribution in [0.3, 0.4) is 0 Å². The second-order valence-corrected chi connectivity index (χ2v) is 10.2. The average molecular weight is 561 g/mol. The Labute approximate surface area is 235 Å². The predicted molar refractivity (Wildman–Crippen MR) is 153 cm³/mol. The van der Waals surface area contributed by atoms with Gasteiger partial charge in [-0.25, -0.2) is 9.59 Å². The molecule has 9 heteroatoms. The van der Waals surface area contributed by atoms with Crippen molar-refractivity contribution in [1.82, 2.24) is 0 Å². The van der Waals surface area contributed by atoms with Gasteiger partial charge in [0, 0.05) is 39.5 Å². The van der Waals surface area contributed by atoms with Crippen molar-refractivity contribution in [2.45, 2.75) is 26.2 Å². The highest BCUT2D eigenvalue weighted by molar-refractivity contribution is 7.11. The van der Waals surface area contributed by atoms with Crippen molar-refractivity contribution >= 4 is 40.1 Å². The van der Waals surface area contributed by atoms with Crippen LogP contribution in [0, 0.1) is 0 Å². The number of carboxylic acid groups (broad SMARTS) is 2. The van der Waals surface area contributed by atoms with Gasteiger partial charge in [-0.2, -0.15) is 0 Å². The van der Waals surface area contributed by atoms with Gasteiger partial charge in [-0.3, -0.25) is 0 Å². The van der Waals surface area contributed by atoms with E-state index in [0.717, 1.165) is 45.2 Å². The Morgan fingerprint density at radius 2 is 1.70 bits per heavy atom. The first kappa shape index (κ1) is 27.1. The molecule has 1 aromatic heterocycles. The van der Waals surface area contributed by atoms with Crippen molar-refractivity contribution in [2.24, 2.45) is 0 Å². The maximum Gasteiger partial charge on any atom is 0.335 e. The second-order valence-electron chi connectivity index (χ2n) is 9.30. The lowest BCUT2D eigenvalue weighted by atomic mass is 9.92. The molecule has 4 aromatic rings. The van der Waals surface area contributed by atoms with E-state index in [2.05, 4.69) is 6.92 Å². The van der Waals surface area contributed by atoms with E-state index >= 15 is 0 Å². The first-order chi connectivity index (χ1) is 19.3. The van der Waals surface area contributed by atoms with E-state index in [4.69, 9.17) is 18.9 Å². The van der Waals surface area contributed by atoms with Crippen LogP contribution in [-0.4, -0.2) is 43.2 Å². The number of carboxylic acids is 2. The number of hydrogen-bond acceptors (Lipinski definition) is 7. The molecule has 0 amide bonds. The molecule has 0 atom stereocenters. The molecule has 0 bridgehead atoms. The predicted octanol–water partition coefficient (Wildman–Crippen LogP) is 6.68. The van der Waals surface area contributed by atoms with Crippen LogP contribution in [0.4, 0.5) is 0 Å². The Bertz CT molecular complexity index is 1650. The SMILES string of the molecule is CCCc1csc(/C=C(\Cc2cc3c(cc2OC)OCO3)C(=O)O)c1-c1ccc(OC)c2ccc(C(=O)O)cc12. The molecule has 0 saturated carbocycles. The molecule has 2 heterocycles. The first-order valence-electron chi connectivity index (χ1n) is 12.7. The lowest BCUT2D eigenvalue weighted by Crippen LogP contribution is -2.05. The molecule has 0 aliphatic carbocycles. The number of aryl methyl sites for hydroxylation is 1. The molecule has 0 fully saturated rings. The van der Waals surface area contributed by atoms with Crippen molar-refractivity contribution in [2.75, 3.05) is 21.0 Å². The molecule has 1 aliphatic heterocycles. The summed E-state index contributed by atoms with van der Waals surface area (Å²) in [5.41, 5.74) is 3.77. The summed E-state index contributed by atoms with van der Waals surface area (Å²) in [6.07, 6.45) is 3.47. The van der Waals surface area contributed by atoms with Gasteiger partial charge < -0.3 is 29.2 Å². The van der Waals surface area contributed by atoms with Crippen LogP contribution in [0.2, 0.25) is 0 Å². The number of rotatable bonds is 10. The van der Waals surface area contributed by atoms with Crippen molar-refractivity contribution in [1.29, 1.82) is 0 Å². The normalized spacial score (nSPS) is 12.5. The highest BCUT2D eigenvalue weighted by Crippen LogP contribution is 2.43. The fourth-order valence-electron chi connectivity index (χ4n) is 4.97.